The second-order valence-corrected chi connectivity index (χ2v) is 6.84. The molecule has 1 aliphatic carbocycles. The van der Waals surface area contributed by atoms with Gasteiger partial charge in [0.2, 0.25) is 0 Å². The van der Waals surface area contributed by atoms with Gasteiger partial charge in [-0.05, 0) is 25.0 Å². The zero-order chi connectivity index (χ0) is 15.5. The van der Waals surface area contributed by atoms with Crippen LogP contribution in [0.1, 0.15) is 48.2 Å². The Morgan fingerprint density at radius 1 is 1.18 bits per heavy atom. The molecule has 0 bridgehead atoms. The minimum atomic E-state index is -0.414. The Morgan fingerprint density at radius 2 is 1.91 bits per heavy atom. The fourth-order valence-corrected chi connectivity index (χ4v) is 3.88. The molecular weight excluding hydrogens is 300 g/mol. The van der Waals surface area contributed by atoms with Crippen LogP contribution < -0.4 is 5.32 Å². The van der Waals surface area contributed by atoms with Crippen LogP contribution in [0.4, 0.5) is 5.69 Å². The topological polar surface area (TPSA) is 72.2 Å². The number of carbonyl (C=O) groups excluding carboxylic acids is 1. The summed E-state index contributed by atoms with van der Waals surface area (Å²) < 4.78 is 0.900. The Balaban J connectivity index is 1.77. The van der Waals surface area contributed by atoms with Gasteiger partial charge >= 0.3 is 0 Å². The van der Waals surface area contributed by atoms with E-state index in [2.05, 4.69) is 5.32 Å². The molecule has 0 saturated heterocycles. The molecule has 6 heteroatoms. The van der Waals surface area contributed by atoms with Crippen LogP contribution in [-0.2, 0) is 0 Å². The number of hydrogen-bond acceptors (Lipinski definition) is 4. The standard InChI is InChI=1S/C16H18N2O3S/c19-16(17-12-5-3-1-2-4-6-12)15-10-11-9-13(18(20)21)7-8-14(11)22-15/h7-10,12H,1-6H2,(H,17,19). The molecule has 1 aromatic heterocycles. The molecule has 1 amide bonds. The maximum Gasteiger partial charge on any atom is 0.270 e. The Bertz CT molecular complexity index is 702. The van der Waals surface area contributed by atoms with Gasteiger partial charge in [-0.25, -0.2) is 0 Å². The summed E-state index contributed by atoms with van der Waals surface area (Å²) in [7, 11) is 0. The monoisotopic (exact) mass is 318 g/mol. The van der Waals surface area contributed by atoms with E-state index in [1.807, 2.05) is 0 Å². The summed E-state index contributed by atoms with van der Waals surface area (Å²) in [5, 5.41) is 14.7. The second-order valence-electron chi connectivity index (χ2n) is 5.75. The molecule has 1 saturated carbocycles. The molecule has 22 heavy (non-hydrogen) atoms. The highest BCUT2D eigenvalue weighted by atomic mass is 32.1. The Morgan fingerprint density at radius 3 is 2.59 bits per heavy atom. The molecule has 0 atom stereocenters. The van der Waals surface area contributed by atoms with Gasteiger partial charge in [-0.2, -0.15) is 0 Å². The maximum atomic E-state index is 12.4. The third-order valence-corrected chi connectivity index (χ3v) is 5.24. The molecule has 1 aromatic carbocycles. The quantitative estimate of drug-likeness (QED) is 0.522. The van der Waals surface area contributed by atoms with Crippen LogP contribution in [-0.4, -0.2) is 16.9 Å². The van der Waals surface area contributed by atoms with Crippen LogP contribution in [0.25, 0.3) is 10.1 Å². The molecule has 1 heterocycles. The largest absolute Gasteiger partial charge is 0.349 e. The lowest BCUT2D eigenvalue weighted by Crippen LogP contribution is -2.33. The van der Waals surface area contributed by atoms with Crippen LogP contribution in [0.15, 0.2) is 24.3 Å². The third kappa shape index (κ3) is 3.27. The highest BCUT2D eigenvalue weighted by Gasteiger charge is 2.18. The summed E-state index contributed by atoms with van der Waals surface area (Å²) in [6.45, 7) is 0. The smallest absolute Gasteiger partial charge is 0.270 e. The molecule has 1 fully saturated rings. The molecule has 1 N–H and O–H groups in total. The molecule has 1 aliphatic rings. The van der Waals surface area contributed by atoms with Gasteiger partial charge < -0.3 is 5.32 Å². The van der Waals surface area contributed by atoms with Crippen molar-refractivity contribution in [3.63, 3.8) is 0 Å². The lowest BCUT2D eigenvalue weighted by atomic mass is 10.1. The first-order chi connectivity index (χ1) is 10.6. The fraction of sp³-hybridized carbons (Fsp3) is 0.438. The van der Waals surface area contributed by atoms with Crippen LogP contribution in [0.3, 0.4) is 0 Å². The van der Waals surface area contributed by atoms with Crippen LogP contribution in [0, 0.1) is 10.1 Å². The molecule has 5 nitrogen and oxygen atoms in total. The van der Waals surface area contributed by atoms with Gasteiger partial charge in [0.15, 0.2) is 0 Å². The summed E-state index contributed by atoms with van der Waals surface area (Å²) in [6.07, 6.45) is 6.93. The molecule has 3 rings (SSSR count). The Kier molecular flexibility index (Phi) is 4.38. The number of hydrogen-bond donors (Lipinski definition) is 1. The maximum absolute atomic E-state index is 12.4. The van der Waals surface area contributed by atoms with Crippen molar-refractivity contribution in [1.82, 2.24) is 5.32 Å². The molecule has 116 valence electrons. The lowest BCUT2D eigenvalue weighted by Gasteiger charge is -2.15. The average molecular weight is 318 g/mol. The van der Waals surface area contributed by atoms with Crippen molar-refractivity contribution in [1.29, 1.82) is 0 Å². The van der Waals surface area contributed by atoms with Gasteiger partial charge in [0.1, 0.15) is 0 Å². The van der Waals surface area contributed by atoms with Crippen molar-refractivity contribution < 1.29 is 9.72 Å². The van der Waals surface area contributed by atoms with Crippen molar-refractivity contribution in [2.24, 2.45) is 0 Å². The zero-order valence-electron chi connectivity index (χ0n) is 12.2. The van der Waals surface area contributed by atoms with E-state index in [1.165, 1.54) is 49.2 Å². The molecular formula is C16H18N2O3S. The minimum absolute atomic E-state index is 0.0565. The van der Waals surface area contributed by atoms with E-state index >= 15 is 0 Å². The van der Waals surface area contributed by atoms with Crippen molar-refractivity contribution >= 4 is 33.0 Å². The van der Waals surface area contributed by atoms with Gasteiger partial charge in [0, 0.05) is 28.3 Å². The van der Waals surface area contributed by atoms with E-state index < -0.39 is 4.92 Å². The van der Waals surface area contributed by atoms with E-state index in [9.17, 15) is 14.9 Å². The predicted molar refractivity (Wildman–Crippen MR) is 87.4 cm³/mol. The number of rotatable bonds is 3. The van der Waals surface area contributed by atoms with Gasteiger partial charge in [-0.15, -0.1) is 11.3 Å². The first-order valence-electron chi connectivity index (χ1n) is 7.62. The summed E-state index contributed by atoms with van der Waals surface area (Å²) in [6, 6.07) is 6.72. The van der Waals surface area contributed by atoms with E-state index in [-0.39, 0.29) is 17.6 Å². The van der Waals surface area contributed by atoms with E-state index in [0.29, 0.717) is 4.88 Å². The molecule has 0 unspecified atom stereocenters. The van der Waals surface area contributed by atoms with E-state index in [0.717, 1.165) is 22.9 Å². The number of nitro groups is 1. The minimum Gasteiger partial charge on any atom is -0.349 e. The number of nitrogens with one attached hydrogen (secondary N) is 1. The summed E-state index contributed by atoms with van der Waals surface area (Å²) in [5.41, 5.74) is 0.0565. The summed E-state index contributed by atoms with van der Waals surface area (Å²) in [5.74, 6) is -0.0595. The summed E-state index contributed by atoms with van der Waals surface area (Å²) >= 11 is 1.38. The number of benzene rings is 1. The first-order valence-corrected chi connectivity index (χ1v) is 8.44. The number of non-ortho nitro benzene ring substituents is 1. The molecule has 0 aliphatic heterocycles. The highest BCUT2D eigenvalue weighted by molar-refractivity contribution is 7.20. The average Bonchev–Trinajstić information content (AvgIpc) is 2.77. The van der Waals surface area contributed by atoms with Crippen molar-refractivity contribution in [2.45, 2.75) is 44.6 Å². The predicted octanol–water partition coefficient (Wildman–Crippen LogP) is 4.26. The number of nitrogens with zero attached hydrogens (tertiary/aromatic N) is 1. The van der Waals surface area contributed by atoms with Crippen molar-refractivity contribution in [3.05, 3.63) is 39.3 Å². The SMILES string of the molecule is O=C(NC1CCCCCC1)c1cc2cc([N+](=O)[O-])ccc2s1. The Hall–Kier alpha value is -1.95. The van der Waals surface area contributed by atoms with Crippen LogP contribution >= 0.6 is 11.3 Å². The van der Waals surface area contributed by atoms with Gasteiger partial charge in [-0.3, -0.25) is 14.9 Å². The number of fused-ring (bicyclic) bond motifs is 1. The third-order valence-electron chi connectivity index (χ3n) is 4.12. The number of amides is 1. The Labute approximate surface area is 132 Å². The molecule has 0 spiro atoms. The number of nitro benzene ring substituents is 1. The second kappa shape index (κ2) is 6.44. The zero-order valence-corrected chi connectivity index (χ0v) is 13.0. The molecule has 0 radical (unpaired) electrons. The van der Waals surface area contributed by atoms with Crippen molar-refractivity contribution in [2.75, 3.05) is 0 Å². The van der Waals surface area contributed by atoms with Crippen LogP contribution in [0.2, 0.25) is 0 Å². The lowest BCUT2D eigenvalue weighted by molar-refractivity contribution is -0.384. The normalized spacial score (nSPS) is 16.4. The molecule has 2 aromatic rings. The highest BCUT2D eigenvalue weighted by Crippen LogP contribution is 2.29. The van der Waals surface area contributed by atoms with Crippen molar-refractivity contribution in [3.8, 4) is 0 Å². The van der Waals surface area contributed by atoms with Gasteiger partial charge in [0.05, 0.1) is 9.80 Å². The number of carbonyl (C=O) groups is 1. The van der Waals surface area contributed by atoms with Gasteiger partial charge in [0.25, 0.3) is 11.6 Å². The first kappa shape index (κ1) is 15.0. The van der Waals surface area contributed by atoms with Crippen LogP contribution in [0.5, 0.6) is 0 Å². The summed E-state index contributed by atoms with van der Waals surface area (Å²) in [4.78, 5) is 23.4. The van der Waals surface area contributed by atoms with E-state index in [4.69, 9.17) is 0 Å². The fourth-order valence-electron chi connectivity index (χ4n) is 2.94. The van der Waals surface area contributed by atoms with Gasteiger partial charge in [-0.1, -0.05) is 25.7 Å². The van der Waals surface area contributed by atoms with E-state index in [1.54, 1.807) is 12.1 Å². The number of thiophene rings is 1.